The Morgan fingerprint density at radius 3 is 2.84 bits per heavy atom. The van der Waals surface area contributed by atoms with E-state index in [-0.39, 0.29) is 18.3 Å². The highest BCUT2D eigenvalue weighted by atomic mass is 32.1. The molecular weight excluding hydrogens is 339 g/mol. The number of rotatable bonds is 6. The molecule has 4 nitrogen and oxygen atoms in total. The van der Waals surface area contributed by atoms with Crippen LogP contribution in [0.2, 0.25) is 0 Å². The minimum absolute atomic E-state index is 0.00884. The van der Waals surface area contributed by atoms with Gasteiger partial charge in [0.1, 0.15) is 5.82 Å². The second-order valence-electron chi connectivity index (χ2n) is 6.50. The minimum atomic E-state index is -0.288. The van der Waals surface area contributed by atoms with Gasteiger partial charge < -0.3 is 15.0 Å². The third kappa shape index (κ3) is 3.86. The number of hydrogen-bond acceptors (Lipinski definition) is 4. The van der Waals surface area contributed by atoms with Gasteiger partial charge in [-0.15, -0.1) is 11.3 Å². The van der Waals surface area contributed by atoms with E-state index in [4.69, 9.17) is 4.74 Å². The number of benzene rings is 1. The Bertz CT molecular complexity index is 738. The molecular formula is C19H25FN2O2S. The maximum Gasteiger partial charge on any atom is 0.264 e. The number of nitrogens with one attached hydrogen (secondary N) is 1. The molecule has 2 heterocycles. The molecule has 2 aromatic rings. The van der Waals surface area contributed by atoms with E-state index in [1.165, 1.54) is 17.4 Å². The van der Waals surface area contributed by atoms with Gasteiger partial charge in [-0.3, -0.25) is 4.79 Å². The fourth-order valence-electron chi connectivity index (χ4n) is 3.45. The average molecular weight is 364 g/mol. The second kappa shape index (κ2) is 8.25. The van der Waals surface area contributed by atoms with E-state index in [2.05, 4.69) is 12.2 Å². The van der Waals surface area contributed by atoms with E-state index in [1.807, 2.05) is 11.0 Å². The summed E-state index contributed by atoms with van der Waals surface area (Å²) in [6.45, 7) is 5.87. The lowest BCUT2D eigenvalue weighted by molar-refractivity contribution is 0.0691. The van der Waals surface area contributed by atoms with Crippen LogP contribution < -0.4 is 5.32 Å². The van der Waals surface area contributed by atoms with Gasteiger partial charge in [-0.05, 0) is 44.0 Å². The van der Waals surface area contributed by atoms with Crippen LogP contribution in [0.15, 0.2) is 18.2 Å². The van der Waals surface area contributed by atoms with Gasteiger partial charge in [0.05, 0.1) is 11.5 Å². The van der Waals surface area contributed by atoms with Crippen LogP contribution in [0, 0.1) is 11.7 Å². The van der Waals surface area contributed by atoms with Crippen molar-refractivity contribution in [3.8, 4) is 0 Å². The van der Waals surface area contributed by atoms with Crippen molar-refractivity contribution in [1.29, 1.82) is 0 Å². The van der Waals surface area contributed by atoms with Gasteiger partial charge in [-0.1, -0.05) is 13.0 Å². The summed E-state index contributed by atoms with van der Waals surface area (Å²) in [7, 11) is 1.57. The lowest BCUT2D eigenvalue weighted by atomic mass is 9.96. The van der Waals surface area contributed by atoms with Gasteiger partial charge in [-0.25, -0.2) is 4.39 Å². The Hall–Kier alpha value is -1.50. The van der Waals surface area contributed by atoms with Crippen LogP contribution in [0.3, 0.4) is 0 Å². The molecule has 0 aliphatic carbocycles. The number of halogens is 1. The summed E-state index contributed by atoms with van der Waals surface area (Å²) in [6, 6.07) is 4.99. The SMILES string of the molecule is CCNCC1CCN(C(=O)c2sc3cccc(F)c3c2COC)CC1. The number of fused-ring (bicyclic) bond motifs is 1. The standard InChI is InChI=1S/C19H25FN2O2S/c1-3-21-11-13-7-9-22(10-8-13)19(23)18-14(12-24-2)17-15(20)5-4-6-16(17)25-18/h4-6,13,21H,3,7-12H2,1-2H3. The Kier molecular flexibility index (Phi) is 6.04. The van der Waals surface area contributed by atoms with Gasteiger partial charge in [0.15, 0.2) is 0 Å². The topological polar surface area (TPSA) is 41.6 Å². The van der Waals surface area contributed by atoms with E-state index >= 15 is 0 Å². The molecule has 3 rings (SSSR count). The third-order valence-corrected chi connectivity index (χ3v) is 6.02. The van der Waals surface area contributed by atoms with Crippen LogP contribution >= 0.6 is 11.3 Å². The number of nitrogens with zero attached hydrogens (tertiary/aromatic N) is 1. The number of likely N-dealkylation sites (tertiary alicyclic amines) is 1. The van der Waals surface area contributed by atoms with Crippen molar-refractivity contribution >= 4 is 27.3 Å². The van der Waals surface area contributed by atoms with E-state index < -0.39 is 0 Å². The smallest absolute Gasteiger partial charge is 0.264 e. The molecule has 0 spiro atoms. The fourth-order valence-corrected chi connectivity index (χ4v) is 4.64. The zero-order chi connectivity index (χ0) is 17.8. The highest BCUT2D eigenvalue weighted by molar-refractivity contribution is 7.21. The van der Waals surface area contributed by atoms with Crippen molar-refractivity contribution in [2.45, 2.75) is 26.4 Å². The van der Waals surface area contributed by atoms with E-state index in [1.54, 1.807) is 13.2 Å². The largest absolute Gasteiger partial charge is 0.380 e. The Balaban J connectivity index is 1.81. The summed E-state index contributed by atoms with van der Waals surface area (Å²) in [5.74, 6) is 0.348. The average Bonchev–Trinajstić information content (AvgIpc) is 3.00. The molecule has 0 bridgehead atoms. The Morgan fingerprint density at radius 2 is 2.16 bits per heavy atom. The molecule has 25 heavy (non-hydrogen) atoms. The van der Waals surface area contributed by atoms with Crippen molar-refractivity contribution in [3.05, 3.63) is 34.5 Å². The number of thiophene rings is 1. The normalized spacial score (nSPS) is 15.9. The summed E-state index contributed by atoms with van der Waals surface area (Å²) >= 11 is 1.37. The Labute approximate surface area is 152 Å². The number of methoxy groups -OCH3 is 1. The number of amides is 1. The highest BCUT2D eigenvalue weighted by Crippen LogP contribution is 2.35. The number of piperidine rings is 1. The molecule has 1 N–H and O–H groups in total. The fraction of sp³-hybridized carbons (Fsp3) is 0.526. The summed E-state index contributed by atoms with van der Waals surface area (Å²) in [5.41, 5.74) is 0.681. The number of carbonyl (C=O) groups is 1. The predicted molar refractivity (Wildman–Crippen MR) is 99.7 cm³/mol. The first-order valence-corrected chi connectivity index (χ1v) is 9.66. The maximum atomic E-state index is 14.3. The molecule has 1 saturated heterocycles. The molecule has 1 aromatic heterocycles. The minimum Gasteiger partial charge on any atom is -0.380 e. The summed E-state index contributed by atoms with van der Waals surface area (Å²) in [4.78, 5) is 15.6. The zero-order valence-electron chi connectivity index (χ0n) is 14.8. The summed E-state index contributed by atoms with van der Waals surface area (Å²) in [5, 5.41) is 3.91. The van der Waals surface area contributed by atoms with Crippen molar-refractivity contribution in [1.82, 2.24) is 10.2 Å². The van der Waals surface area contributed by atoms with Gasteiger partial charge in [0, 0.05) is 35.8 Å². The summed E-state index contributed by atoms with van der Waals surface area (Å²) < 4.78 is 20.3. The molecule has 0 unspecified atom stereocenters. The van der Waals surface area contributed by atoms with Crippen molar-refractivity contribution < 1.29 is 13.9 Å². The molecule has 1 aliphatic rings. The van der Waals surface area contributed by atoms with Crippen LogP contribution in [-0.2, 0) is 11.3 Å². The predicted octanol–water partition coefficient (Wildman–Crippen LogP) is 3.65. The van der Waals surface area contributed by atoms with E-state index in [9.17, 15) is 9.18 Å². The molecule has 0 atom stereocenters. The molecule has 1 fully saturated rings. The quantitative estimate of drug-likeness (QED) is 0.851. The molecule has 1 aromatic carbocycles. The third-order valence-electron chi connectivity index (χ3n) is 4.83. The lowest BCUT2D eigenvalue weighted by Crippen LogP contribution is -2.40. The summed E-state index contributed by atoms with van der Waals surface area (Å²) in [6.07, 6.45) is 2.02. The van der Waals surface area contributed by atoms with E-state index in [0.29, 0.717) is 21.7 Å². The van der Waals surface area contributed by atoms with Gasteiger partial charge in [0.25, 0.3) is 5.91 Å². The lowest BCUT2D eigenvalue weighted by Gasteiger charge is -2.32. The monoisotopic (exact) mass is 364 g/mol. The van der Waals surface area contributed by atoms with Gasteiger partial charge >= 0.3 is 0 Å². The maximum absolute atomic E-state index is 14.3. The van der Waals surface area contributed by atoms with Crippen LogP contribution in [0.25, 0.3) is 10.1 Å². The second-order valence-corrected chi connectivity index (χ2v) is 7.55. The number of ether oxygens (including phenoxy) is 1. The molecule has 136 valence electrons. The molecule has 1 aliphatic heterocycles. The highest BCUT2D eigenvalue weighted by Gasteiger charge is 2.27. The number of carbonyl (C=O) groups excluding carboxylic acids is 1. The van der Waals surface area contributed by atoms with E-state index in [0.717, 1.165) is 43.7 Å². The van der Waals surface area contributed by atoms with Crippen molar-refractivity contribution in [2.75, 3.05) is 33.3 Å². The number of hydrogen-bond donors (Lipinski definition) is 1. The first kappa shape index (κ1) is 18.3. The van der Waals surface area contributed by atoms with Crippen LogP contribution in [0.4, 0.5) is 4.39 Å². The Morgan fingerprint density at radius 1 is 1.40 bits per heavy atom. The van der Waals surface area contributed by atoms with Crippen LogP contribution in [0.5, 0.6) is 0 Å². The van der Waals surface area contributed by atoms with Crippen LogP contribution in [0.1, 0.15) is 35.0 Å². The zero-order valence-corrected chi connectivity index (χ0v) is 15.6. The van der Waals surface area contributed by atoms with Crippen molar-refractivity contribution in [3.63, 3.8) is 0 Å². The first-order valence-electron chi connectivity index (χ1n) is 8.84. The van der Waals surface area contributed by atoms with Gasteiger partial charge in [-0.2, -0.15) is 0 Å². The van der Waals surface area contributed by atoms with Gasteiger partial charge in [0.2, 0.25) is 0 Å². The van der Waals surface area contributed by atoms with Crippen LogP contribution in [-0.4, -0.2) is 44.1 Å². The molecule has 1 amide bonds. The van der Waals surface area contributed by atoms with Crippen molar-refractivity contribution in [2.24, 2.45) is 5.92 Å². The molecule has 0 radical (unpaired) electrons. The molecule has 6 heteroatoms. The first-order chi connectivity index (χ1) is 12.2. The molecule has 0 saturated carbocycles.